The molecule has 1 aliphatic rings. The molecule has 0 bridgehead atoms. The number of carbonyl (C=O) groups is 2. The molecule has 8 heteroatoms. The van der Waals surface area contributed by atoms with Crippen molar-refractivity contribution in [2.75, 3.05) is 32.3 Å². The Labute approximate surface area is 180 Å². The van der Waals surface area contributed by atoms with Gasteiger partial charge in [0.15, 0.2) is 11.5 Å². The van der Waals surface area contributed by atoms with Crippen molar-refractivity contribution >= 4 is 23.6 Å². The van der Waals surface area contributed by atoms with E-state index in [9.17, 15) is 9.59 Å². The van der Waals surface area contributed by atoms with Gasteiger partial charge < -0.3 is 24.8 Å². The van der Waals surface area contributed by atoms with E-state index in [1.54, 1.807) is 36.0 Å². The number of thioether (sulfide) groups is 1. The van der Waals surface area contributed by atoms with Gasteiger partial charge in [0.1, 0.15) is 24.5 Å². The molecular weight excluding hydrogens is 404 g/mol. The topological polar surface area (TPSA) is 85.9 Å². The molecule has 0 radical (unpaired) electrons. The van der Waals surface area contributed by atoms with Gasteiger partial charge in [-0.3, -0.25) is 9.59 Å². The summed E-state index contributed by atoms with van der Waals surface area (Å²) >= 11 is 1.62. The van der Waals surface area contributed by atoms with Gasteiger partial charge in [-0.25, -0.2) is 0 Å². The van der Waals surface area contributed by atoms with Gasteiger partial charge in [-0.2, -0.15) is 11.8 Å². The van der Waals surface area contributed by atoms with Crippen LogP contribution in [0.3, 0.4) is 0 Å². The van der Waals surface area contributed by atoms with Crippen LogP contribution in [-0.4, -0.2) is 56.2 Å². The van der Waals surface area contributed by atoms with Crippen molar-refractivity contribution in [3.63, 3.8) is 0 Å². The Morgan fingerprint density at radius 1 is 1.17 bits per heavy atom. The number of methoxy groups -OCH3 is 1. The largest absolute Gasteiger partial charge is 0.496 e. The zero-order chi connectivity index (χ0) is 21.3. The lowest BCUT2D eigenvalue weighted by Crippen LogP contribution is -2.50. The molecule has 160 valence electrons. The summed E-state index contributed by atoms with van der Waals surface area (Å²) in [4.78, 5) is 25.5. The molecule has 0 fully saturated rings. The fourth-order valence-corrected chi connectivity index (χ4v) is 3.55. The lowest BCUT2D eigenvalue weighted by Gasteiger charge is -2.27. The second-order valence-corrected chi connectivity index (χ2v) is 7.74. The summed E-state index contributed by atoms with van der Waals surface area (Å²) in [5.41, 5.74) is 0.391. The van der Waals surface area contributed by atoms with Crippen molar-refractivity contribution in [2.24, 2.45) is 0 Å². The van der Waals surface area contributed by atoms with Crippen molar-refractivity contribution in [1.29, 1.82) is 0 Å². The number of fused-ring (bicyclic) bond motifs is 1. The van der Waals surface area contributed by atoms with Crippen LogP contribution in [0, 0.1) is 0 Å². The van der Waals surface area contributed by atoms with Crippen molar-refractivity contribution in [3.05, 3.63) is 54.1 Å². The molecule has 0 spiro atoms. The zero-order valence-electron chi connectivity index (χ0n) is 17.1. The third-order valence-electron chi connectivity index (χ3n) is 4.66. The van der Waals surface area contributed by atoms with Gasteiger partial charge >= 0.3 is 0 Å². The molecule has 0 aromatic heterocycles. The van der Waals surface area contributed by atoms with Crippen LogP contribution < -0.4 is 24.8 Å². The average molecular weight is 431 g/mol. The molecule has 0 aliphatic carbocycles. The van der Waals surface area contributed by atoms with E-state index in [0.29, 0.717) is 35.8 Å². The average Bonchev–Trinajstić information content (AvgIpc) is 2.79. The Bertz CT molecular complexity index is 876. The quantitative estimate of drug-likeness (QED) is 0.636. The number of carbonyl (C=O) groups excluding carboxylic acids is 2. The summed E-state index contributed by atoms with van der Waals surface area (Å²) in [6, 6.07) is 13.7. The predicted octanol–water partition coefficient (Wildman–Crippen LogP) is 2.50. The SMILES string of the molecule is COc1ccccc1C(=O)NC(CCSC)C(=O)NCC1COc2ccccc2O1. The number of amides is 2. The summed E-state index contributed by atoms with van der Waals surface area (Å²) in [6.07, 6.45) is 2.18. The molecule has 7 nitrogen and oxygen atoms in total. The number of hydrogen-bond donors (Lipinski definition) is 2. The Morgan fingerprint density at radius 2 is 1.90 bits per heavy atom. The highest BCUT2D eigenvalue weighted by atomic mass is 32.2. The molecule has 30 heavy (non-hydrogen) atoms. The molecule has 1 aliphatic heterocycles. The zero-order valence-corrected chi connectivity index (χ0v) is 17.9. The summed E-state index contributed by atoms with van der Waals surface area (Å²) in [7, 11) is 1.51. The normalized spacial score (nSPS) is 15.7. The standard InChI is InChI=1S/C22H26N2O5S/c1-27-18-8-4-3-7-16(18)21(25)24-17(11-12-30-2)22(26)23-13-15-14-28-19-9-5-6-10-20(19)29-15/h3-10,15,17H,11-14H2,1-2H3,(H,23,26)(H,24,25). The third kappa shape index (κ3) is 5.60. The van der Waals surface area contributed by atoms with E-state index in [1.807, 2.05) is 30.5 Å². The summed E-state index contributed by atoms with van der Waals surface area (Å²) < 4.78 is 16.8. The molecule has 2 unspecified atom stereocenters. The smallest absolute Gasteiger partial charge is 0.255 e. The number of ether oxygens (including phenoxy) is 3. The second kappa shape index (κ2) is 10.8. The minimum Gasteiger partial charge on any atom is -0.496 e. The molecule has 2 aromatic rings. The first-order chi connectivity index (χ1) is 14.6. The van der Waals surface area contributed by atoms with Gasteiger partial charge in [0, 0.05) is 0 Å². The summed E-state index contributed by atoms with van der Waals surface area (Å²) in [6.45, 7) is 0.633. The van der Waals surface area contributed by atoms with Crippen LogP contribution in [0.1, 0.15) is 16.8 Å². The molecule has 1 heterocycles. The Kier molecular flexibility index (Phi) is 7.84. The summed E-state index contributed by atoms with van der Waals surface area (Å²) in [5.74, 6) is 1.95. The molecule has 0 saturated heterocycles. The fourth-order valence-electron chi connectivity index (χ4n) is 3.07. The van der Waals surface area contributed by atoms with Crippen LogP contribution in [0.2, 0.25) is 0 Å². The second-order valence-electron chi connectivity index (χ2n) is 6.75. The third-order valence-corrected chi connectivity index (χ3v) is 5.30. The molecule has 0 saturated carbocycles. The number of hydrogen-bond acceptors (Lipinski definition) is 6. The molecular formula is C22H26N2O5S. The Morgan fingerprint density at radius 3 is 2.67 bits per heavy atom. The lowest BCUT2D eigenvalue weighted by molar-refractivity contribution is -0.123. The van der Waals surface area contributed by atoms with Gasteiger partial charge in [0.05, 0.1) is 19.2 Å². The van der Waals surface area contributed by atoms with E-state index in [2.05, 4.69) is 10.6 Å². The van der Waals surface area contributed by atoms with E-state index in [4.69, 9.17) is 14.2 Å². The van der Waals surface area contributed by atoms with Crippen LogP contribution in [0.5, 0.6) is 17.2 Å². The first kappa shape index (κ1) is 21.8. The molecule has 2 aromatic carbocycles. The molecule has 2 atom stereocenters. The first-order valence-electron chi connectivity index (χ1n) is 9.71. The van der Waals surface area contributed by atoms with Gasteiger partial charge in [-0.15, -0.1) is 0 Å². The van der Waals surface area contributed by atoms with E-state index in [0.717, 1.165) is 5.75 Å². The predicted molar refractivity (Wildman–Crippen MR) is 117 cm³/mol. The van der Waals surface area contributed by atoms with E-state index in [-0.39, 0.29) is 24.5 Å². The minimum absolute atomic E-state index is 0.255. The Balaban J connectivity index is 1.59. The first-order valence-corrected chi connectivity index (χ1v) is 11.1. The van der Waals surface area contributed by atoms with Crippen molar-refractivity contribution in [3.8, 4) is 17.2 Å². The van der Waals surface area contributed by atoms with E-state index < -0.39 is 6.04 Å². The van der Waals surface area contributed by atoms with Crippen LogP contribution in [0.4, 0.5) is 0 Å². The number of benzene rings is 2. The number of rotatable bonds is 9. The fraction of sp³-hybridized carbons (Fsp3) is 0.364. The number of nitrogens with one attached hydrogen (secondary N) is 2. The van der Waals surface area contributed by atoms with Gasteiger partial charge in [0.2, 0.25) is 5.91 Å². The van der Waals surface area contributed by atoms with E-state index >= 15 is 0 Å². The lowest BCUT2D eigenvalue weighted by atomic mass is 10.1. The van der Waals surface area contributed by atoms with Gasteiger partial charge in [0.25, 0.3) is 5.91 Å². The maximum absolute atomic E-state index is 12.8. The molecule has 2 amide bonds. The van der Waals surface area contributed by atoms with E-state index in [1.165, 1.54) is 7.11 Å². The van der Waals surface area contributed by atoms with Crippen molar-refractivity contribution in [2.45, 2.75) is 18.6 Å². The van der Waals surface area contributed by atoms with Crippen LogP contribution >= 0.6 is 11.8 Å². The highest BCUT2D eigenvalue weighted by Gasteiger charge is 2.25. The van der Waals surface area contributed by atoms with Crippen LogP contribution in [0.15, 0.2) is 48.5 Å². The van der Waals surface area contributed by atoms with Gasteiger partial charge in [-0.05, 0) is 42.7 Å². The summed E-state index contributed by atoms with van der Waals surface area (Å²) in [5, 5.41) is 5.71. The molecule has 3 rings (SSSR count). The van der Waals surface area contributed by atoms with Crippen molar-refractivity contribution in [1.82, 2.24) is 10.6 Å². The maximum Gasteiger partial charge on any atom is 0.255 e. The Hall–Kier alpha value is -2.87. The van der Waals surface area contributed by atoms with Crippen molar-refractivity contribution < 1.29 is 23.8 Å². The highest BCUT2D eigenvalue weighted by molar-refractivity contribution is 7.98. The highest BCUT2D eigenvalue weighted by Crippen LogP contribution is 2.30. The maximum atomic E-state index is 12.8. The van der Waals surface area contributed by atoms with Crippen LogP contribution in [-0.2, 0) is 4.79 Å². The van der Waals surface area contributed by atoms with Gasteiger partial charge in [-0.1, -0.05) is 24.3 Å². The van der Waals surface area contributed by atoms with Crippen LogP contribution in [0.25, 0.3) is 0 Å². The number of para-hydroxylation sites is 3. The minimum atomic E-state index is -0.661. The monoisotopic (exact) mass is 430 g/mol. The molecule has 2 N–H and O–H groups in total.